The van der Waals surface area contributed by atoms with Crippen LogP contribution in [0.1, 0.15) is 42.7 Å². The first-order valence-corrected chi connectivity index (χ1v) is 18.2. The van der Waals surface area contributed by atoms with E-state index in [1.54, 1.807) is 4.90 Å². The van der Waals surface area contributed by atoms with Crippen molar-refractivity contribution in [2.24, 2.45) is 5.92 Å². The number of amides is 3. The van der Waals surface area contributed by atoms with Crippen LogP contribution in [0.15, 0.2) is 48.9 Å². The largest absolute Gasteiger partial charge is 0.436 e. The molecule has 2 aromatic rings. The van der Waals surface area contributed by atoms with Crippen molar-refractivity contribution in [3.63, 3.8) is 0 Å². The molecule has 3 amide bonds. The molecule has 0 fully saturated rings. The van der Waals surface area contributed by atoms with E-state index in [9.17, 15) is 48.4 Å². The number of hydrogen-bond acceptors (Lipinski definition) is 11. The number of benzene rings is 1. The fourth-order valence-electron chi connectivity index (χ4n) is 4.59. The number of carbonyl (C=O) groups excluding carboxylic acids is 3. The van der Waals surface area contributed by atoms with Gasteiger partial charge in [0, 0.05) is 57.5 Å². The zero-order valence-corrected chi connectivity index (χ0v) is 28.8. The number of hydrogen-bond donors (Lipinski definition) is 8. The van der Waals surface area contributed by atoms with E-state index >= 15 is 0 Å². The average molecular weight is 714 g/mol. The standard InChI is InChI=1S/C28H45BN6O11P2/c1-20(2)16-24(34-26(38)22(17-21-6-4-3-5-7-21)33-27(39)23-19-30-8-9-31-23)29-46-15-13-35(12-14-36)11-10-32-25(37)18-28(40,47(41)42)48(43,44)45/h3-9,19-20,22,24,29,36,40,47H,10-18H2,1-2H3,(H,32,37)(H,33,39)(H,34,38)(H,41,42)(H2,43,44,45)/t22-,24?,28?/m1/s1. The Morgan fingerprint density at radius 2 is 1.81 bits per heavy atom. The number of rotatable bonds is 22. The lowest BCUT2D eigenvalue weighted by atomic mass is 9.81. The number of nitrogens with one attached hydrogen (secondary N) is 3. The lowest BCUT2D eigenvalue weighted by Crippen LogP contribution is -2.52. The topological polar surface area (TPSA) is 261 Å². The van der Waals surface area contributed by atoms with Crippen LogP contribution in [0.2, 0.25) is 0 Å². The molecule has 20 heteroatoms. The van der Waals surface area contributed by atoms with Crippen LogP contribution < -0.4 is 16.0 Å². The lowest BCUT2D eigenvalue weighted by molar-refractivity contribution is -0.124. The zero-order valence-electron chi connectivity index (χ0n) is 26.9. The summed E-state index contributed by atoms with van der Waals surface area (Å²) in [5.41, 5.74) is 0.915. The Morgan fingerprint density at radius 3 is 2.40 bits per heavy atom. The maximum Gasteiger partial charge on any atom is 0.367 e. The van der Waals surface area contributed by atoms with Gasteiger partial charge in [0.05, 0.1) is 19.2 Å². The second-order valence-corrected chi connectivity index (χ2v) is 15.2. The first kappa shape index (κ1) is 41.1. The van der Waals surface area contributed by atoms with E-state index in [0.717, 1.165) is 5.56 Å². The maximum atomic E-state index is 13.5. The summed E-state index contributed by atoms with van der Waals surface area (Å²) in [7, 11) is -9.51. The summed E-state index contributed by atoms with van der Waals surface area (Å²) >= 11 is 0. The second-order valence-electron chi connectivity index (χ2n) is 11.5. The summed E-state index contributed by atoms with van der Waals surface area (Å²) in [4.78, 5) is 75.8. The first-order valence-electron chi connectivity index (χ1n) is 15.3. The average Bonchev–Trinajstić information content (AvgIpc) is 3.02. The van der Waals surface area contributed by atoms with E-state index < -0.39 is 56.8 Å². The Hall–Kier alpha value is -3.05. The molecular weight excluding hydrogens is 669 g/mol. The van der Waals surface area contributed by atoms with Crippen molar-refractivity contribution in [1.29, 1.82) is 0 Å². The van der Waals surface area contributed by atoms with E-state index in [1.807, 2.05) is 44.2 Å². The number of aromatic nitrogens is 2. The van der Waals surface area contributed by atoms with Crippen molar-refractivity contribution < 1.29 is 53.1 Å². The van der Waals surface area contributed by atoms with Gasteiger partial charge in [0.2, 0.25) is 24.9 Å². The van der Waals surface area contributed by atoms with Gasteiger partial charge in [0.15, 0.2) is 0 Å². The van der Waals surface area contributed by atoms with Gasteiger partial charge >= 0.3 is 7.60 Å². The molecule has 1 heterocycles. The number of aliphatic hydroxyl groups is 2. The maximum absolute atomic E-state index is 13.5. The van der Waals surface area contributed by atoms with Gasteiger partial charge < -0.3 is 45.5 Å². The van der Waals surface area contributed by atoms with E-state index in [4.69, 9.17) is 4.65 Å². The predicted molar refractivity (Wildman–Crippen MR) is 177 cm³/mol. The fourth-order valence-corrected chi connectivity index (χ4v) is 6.24. The molecule has 3 unspecified atom stereocenters. The third kappa shape index (κ3) is 14.2. The van der Waals surface area contributed by atoms with Crippen molar-refractivity contribution in [3.8, 4) is 0 Å². The molecule has 0 aliphatic rings. The molecule has 0 saturated heterocycles. The molecule has 0 saturated carbocycles. The molecular formula is C28H45BN6O11P2. The molecule has 2 rings (SSSR count). The first-order chi connectivity index (χ1) is 22.7. The summed E-state index contributed by atoms with van der Waals surface area (Å²) in [6.07, 6.45) is 3.67. The smallest absolute Gasteiger partial charge is 0.367 e. The van der Waals surface area contributed by atoms with Crippen LogP contribution in [0.3, 0.4) is 0 Å². The van der Waals surface area contributed by atoms with Gasteiger partial charge in [-0.25, -0.2) is 4.98 Å². The molecule has 0 radical (unpaired) electrons. The van der Waals surface area contributed by atoms with E-state index in [2.05, 4.69) is 25.9 Å². The Labute approximate surface area is 280 Å². The van der Waals surface area contributed by atoms with Crippen LogP contribution in [0.4, 0.5) is 0 Å². The van der Waals surface area contributed by atoms with Gasteiger partial charge in [-0.1, -0.05) is 44.2 Å². The van der Waals surface area contributed by atoms with Crippen molar-refractivity contribution in [2.45, 2.75) is 50.2 Å². The van der Waals surface area contributed by atoms with E-state index in [1.165, 1.54) is 18.6 Å². The van der Waals surface area contributed by atoms with Gasteiger partial charge in [0.25, 0.3) is 13.4 Å². The van der Waals surface area contributed by atoms with Crippen molar-refractivity contribution in [2.75, 3.05) is 39.4 Å². The molecule has 48 heavy (non-hydrogen) atoms. The highest BCUT2D eigenvalue weighted by atomic mass is 31.2. The minimum Gasteiger partial charge on any atom is -0.436 e. The van der Waals surface area contributed by atoms with Gasteiger partial charge in [-0.2, -0.15) is 0 Å². The molecule has 4 atom stereocenters. The molecule has 17 nitrogen and oxygen atoms in total. The Morgan fingerprint density at radius 1 is 1.10 bits per heavy atom. The summed E-state index contributed by atoms with van der Waals surface area (Å²) in [5, 5.41) is 24.1. The third-order valence-electron chi connectivity index (χ3n) is 7.07. The molecule has 0 aliphatic heterocycles. The van der Waals surface area contributed by atoms with Gasteiger partial charge in [-0.15, -0.1) is 0 Å². The molecule has 8 N–H and O–H groups in total. The van der Waals surface area contributed by atoms with Crippen LogP contribution in [0.25, 0.3) is 0 Å². The number of nitrogens with zero attached hydrogens (tertiary/aromatic N) is 3. The van der Waals surface area contributed by atoms with Crippen LogP contribution in [0, 0.1) is 5.92 Å². The minimum absolute atomic E-state index is 0.0580. The van der Waals surface area contributed by atoms with Gasteiger partial charge in [0.1, 0.15) is 11.7 Å². The van der Waals surface area contributed by atoms with Crippen LogP contribution in [-0.4, -0.2) is 121 Å². The third-order valence-corrected chi connectivity index (χ3v) is 10.5. The minimum atomic E-state index is -5.48. The molecule has 266 valence electrons. The van der Waals surface area contributed by atoms with Crippen molar-refractivity contribution in [1.82, 2.24) is 30.8 Å². The highest BCUT2D eigenvalue weighted by Crippen LogP contribution is 2.61. The van der Waals surface area contributed by atoms with Crippen molar-refractivity contribution >= 4 is 40.8 Å². The van der Waals surface area contributed by atoms with Crippen molar-refractivity contribution in [3.05, 3.63) is 60.2 Å². The predicted octanol–water partition coefficient (Wildman–Crippen LogP) is -1.23. The number of aliphatic hydroxyl groups excluding tert-OH is 1. The fraction of sp³-hybridized carbons (Fsp3) is 0.536. The summed E-state index contributed by atoms with van der Waals surface area (Å²) < 4.78 is 28.7. The van der Waals surface area contributed by atoms with E-state index in [-0.39, 0.29) is 58.4 Å². The Balaban J connectivity index is 1.95. The monoisotopic (exact) mass is 714 g/mol. The highest BCUT2D eigenvalue weighted by Gasteiger charge is 2.52. The zero-order chi connectivity index (χ0) is 35.7. The molecule has 1 aromatic heterocycles. The molecule has 0 bridgehead atoms. The Kier molecular flexibility index (Phi) is 17.5. The van der Waals surface area contributed by atoms with Gasteiger partial charge in [-0.3, -0.25) is 33.4 Å². The van der Waals surface area contributed by atoms with Crippen LogP contribution >= 0.6 is 15.6 Å². The molecule has 0 aliphatic carbocycles. The van der Waals surface area contributed by atoms with Crippen LogP contribution in [-0.2, 0) is 29.8 Å². The van der Waals surface area contributed by atoms with Crippen LogP contribution in [0.5, 0.6) is 0 Å². The van der Waals surface area contributed by atoms with E-state index in [0.29, 0.717) is 13.0 Å². The highest BCUT2D eigenvalue weighted by molar-refractivity contribution is 7.66. The quantitative estimate of drug-likeness (QED) is 0.0404. The summed E-state index contributed by atoms with van der Waals surface area (Å²) in [6, 6.07) is 8.32. The molecule has 1 aromatic carbocycles. The molecule has 0 spiro atoms. The Bertz CT molecular complexity index is 1380. The summed E-state index contributed by atoms with van der Waals surface area (Å²) in [6.45, 7) is 4.58. The number of carbonyl (C=O) groups is 3. The second kappa shape index (κ2) is 20.5. The lowest BCUT2D eigenvalue weighted by Gasteiger charge is -2.26. The van der Waals surface area contributed by atoms with Gasteiger partial charge in [-0.05, 0) is 17.9 Å². The normalized spacial score (nSPS) is 14.9. The summed E-state index contributed by atoms with van der Waals surface area (Å²) in [5.74, 6) is -2.19. The SMILES string of the molecule is CC(C)CC(BOCCN(CCO)CCNC(=O)CC(O)([PH](=O)O)P(=O)(O)O)NC(=O)[C@@H](Cc1ccccc1)NC(=O)c1cnccn1.